The molecule has 202 valence electrons. The summed E-state index contributed by atoms with van der Waals surface area (Å²) in [7, 11) is 0. The summed E-state index contributed by atoms with van der Waals surface area (Å²) in [5.41, 5.74) is 6.44. The van der Waals surface area contributed by atoms with Gasteiger partial charge in [-0.3, -0.25) is 9.59 Å². The molecule has 39 heavy (non-hydrogen) atoms. The van der Waals surface area contributed by atoms with Crippen LogP contribution in [0.2, 0.25) is 0 Å². The highest BCUT2D eigenvalue weighted by Gasteiger charge is 2.35. The van der Waals surface area contributed by atoms with Crippen LogP contribution in [0.4, 0.5) is 0 Å². The van der Waals surface area contributed by atoms with Crippen molar-refractivity contribution in [1.29, 1.82) is 0 Å². The first-order chi connectivity index (χ1) is 18.7. The van der Waals surface area contributed by atoms with Gasteiger partial charge in [0.15, 0.2) is 0 Å². The van der Waals surface area contributed by atoms with Crippen LogP contribution < -0.4 is 0 Å². The lowest BCUT2D eigenvalue weighted by Crippen LogP contribution is -2.44. The van der Waals surface area contributed by atoms with E-state index in [1.165, 1.54) is 22.1 Å². The smallest absolute Gasteiger partial charge is 0.254 e. The van der Waals surface area contributed by atoms with E-state index in [0.717, 1.165) is 30.3 Å². The van der Waals surface area contributed by atoms with Crippen molar-refractivity contribution in [3.8, 4) is 0 Å². The molecule has 0 spiro atoms. The minimum atomic E-state index is -0.0572. The summed E-state index contributed by atoms with van der Waals surface area (Å²) < 4.78 is 0. The third-order valence-corrected chi connectivity index (χ3v) is 7.72. The molecule has 1 N–H and O–H groups in total. The van der Waals surface area contributed by atoms with E-state index in [1.54, 1.807) is 4.90 Å². The topological polar surface area (TPSA) is 56.4 Å². The zero-order chi connectivity index (χ0) is 27.6. The van der Waals surface area contributed by atoms with Crippen molar-refractivity contribution in [2.24, 2.45) is 0 Å². The number of aromatic amines is 1. The van der Waals surface area contributed by atoms with Crippen LogP contribution in [0, 0.1) is 6.92 Å². The van der Waals surface area contributed by atoms with Crippen molar-refractivity contribution in [2.45, 2.75) is 65.0 Å². The minimum Gasteiger partial charge on any atom is -0.361 e. The molecule has 2 amide bonds. The number of benzene rings is 3. The lowest BCUT2D eigenvalue weighted by atomic mass is 9.86. The number of hydrogen-bond donors (Lipinski definition) is 1. The Kier molecular flexibility index (Phi) is 7.60. The maximum absolute atomic E-state index is 13.8. The summed E-state index contributed by atoms with van der Waals surface area (Å²) in [6, 6.07) is 24.6. The molecule has 0 bridgehead atoms. The Labute approximate surface area is 231 Å². The summed E-state index contributed by atoms with van der Waals surface area (Å²) >= 11 is 0. The number of carbonyl (C=O) groups is 2. The largest absolute Gasteiger partial charge is 0.361 e. The number of hydrogen-bond acceptors (Lipinski definition) is 2. The number of aryl methyl sites for hydroxylation is 1. The first-order valence-corrected chi connectivity index (χ1v) is 14.0. The van der Waals surface area contributed by atoms with Crippen LogP contribution in [0.25, 0.3) is 10.9 Å². The molecule has 1 fully saturated rings. The number of aromatic nitrogens is 1. The summed E-state index contributed by atoms with van der Waals surface area (Å²) in [6.45, 7) is 9.77. The van der Waals surface area contributed by atoms with E-state index in [1.807, 2.05) is 47.5 Å². The molecule has 3 aromatic carbocycles. The molecule has 0 radical (unpaired) electrons. The van der Waals surface area contributed by atoms with E-state index >= 15 is 0 Å². The van der Waals surface area contributed by atoms with Gasteiger partial charge in [-0.05, 0) is 66.5 Å². The average molecular weight is 522 g/mol. The third-order valence-electron chi connectivity index (χ3n) is 7.72. The third kappa shape index (κ3) is 6.42. The molecule has 5 rings (SSSR count). The van der Waals surface area contributed by atoms with Crippen molar-refractivity contribution >= 4 is 22.7 Å². The van der Waals surface area contributed by atoms with Crippen molar-refractivity contribution in [3.63, 3.8) is 0 Å². The zero-order valence-electron chi connectivity index (χ0n) is 23.5. The second-order valence-corrected chi connectivity index (χ2v) is 11.9. The second-order valence-electron chi connectivity index (χ2n) is 11.9. The minimum absolute atomic E-state index is 0.0121. The Hall–Kier alpha value is -3.86. The van der Waals surface area contributed by atoms with Crippen molar-refractivity contribution < 1.29 is 9.59 Å². The number of rotatable bonds is 9. The summed E-state index contributed by atoms with van der Waals surface area (Å²) in [4.78, 5) is 34.5. The van der Waals surface area contributed by atoms with Gasteiger partial charge in [0.05, 0.1) is 0 Å². The van der Waals surface area contributed by atoms with Gasteiger partial charge in [-0.1, -0.05) is 80.9 Å². The number of carbonyl (C=O) groups excluding carboxylic acids is 2. The van der Waals surface area contributed by atoms with Crippen molar-refractivity contribution in [1.82, 2.24) is 14.8 Å². The number of nitrogens with zero attached hydrogens (tertiary/aromatic N) is 2. The highest BCUT2D eigenvalue weighted by Crippen LogP contribution is 2.29. The molecule has 1 heterocycles. The number of fused-ring (bicyclic) bond motifs is 1. The quantitative estimate of drug-likeness (QED) is 0.268. The van der Waals surface area contributed by atoms with E-state index in [4.69, 9.17) is 0 Å². The van der Waals surface area contributed by atoms with Crippen LogP contribution in [-0.4, -0.2) is 45.7 Å². The Bertz CT molecular complexity index is 1440. The van der Waals surface area contributed by atoms with E-state index in [0.29, 0.717) is 18.7 Å². The van der Waals surface area contributed by atoms with E-state index < -0.39 is 0 Å². The summed E-state index contributed by atoms with van der Waals surface area (Å²) in [5, 5.41) is 1.19. The highest BCUT2D eigenvalue weighted by molar-refractivity contribution is 5.97. The number of H-pyrrole nitrogens is 1. The van der Waals surface area contributed by atoms with Crippen molar-refractivity contribution in [2.75, 3.05) is 13.1 Å². The predicted octanol–water partition coefficient (Wildman–Crippen LogP) is 6.65. The van der Waals surface area contributed by atoms with Crippen LogP contribution in [0.3, 0.4) is 0 Å². The Balaban J connectivity index is 1.34. The molecule has 1 aliphatic rings. The first kappa shape index (κ1) is 26.7. The fourth-order valence-electron chi connectivity index (χ4n) is 5.08. The van der Waals surface area contributed by atoms with E-state index in [9.17, 15) is 9.59 Å². The fraction of sp³-hybridized carbons (Fsp3) is 0.353. The van der Waals surface area contributed by atoms with Crippen LogP contribution in [0.15, 0.2) is 79.0 Å². The monoisotopic (exact) mass is 521 g/mol. The Morgan fingerprint density at radius 1 is 0.923 bits per heavy atom. The van der Waals surface area contributed by atoms with Gasteiger partial charge in [0, 0.05) is 41.8 Å². The summed E-state index contributed by atoms with van der Waals surface area (Å²) in [5.74, 6) is -0.0693. The molecule has 0 unspecified atom stereocenters. The molecular weight excluding hydrogens is 482 g/mol. The number of nitrogens with one attached hydrogen (secondary N) is 1. The van der Waals surface area contributed by atoms with Crippen LogP contribution in [-0.2, 0) is 23.2 Å². The van der Waals surface area contributed by atoms with Gasteiger partial charge in [-0.25, -0.2) is 0 Å². The van der Waals surface area contributed by atoms with Crippen molar-refractivity contribution in [3.05, 3.63) is 107 Å². The molecule has 5 heteroatoms. The lowest BCUT2D eigenvalue weighted by Gasteiger charge is -2.28. The summed E-state index contributed by atoms with van der Waals surface area (Å²) in [6.07, 6.45) is 4.69. The SMILES string of the molecule is Cc1ccc(CN(CCc2c[nH]c3ccccc23)C(=O)CN(C(=O)c2ccc(C(C)(C)C)cc2)C2CC2)cc1. The van der Waals surface area contributed by atoms with Gasteiger partial charge >= 0.3 is 0 Å². The van der Waals surface area contributed by atoms with Gasteiger partial charge in [0.1, 0.15) is 6.54 Å². The van der Waals surface area contributed by atoms with Gasteiger partial charge in [-0.15, -0.1) is 0 Å². The normalized spacial score (nSPS) is 13.4. The molecule has 1 saturated carbocycles. The highest BCUT2D eigenvalue weighted by atomic mass is 16.2. The van der Waals surface area contributed by atoms with E-state index in [-0.39, 0.29) is 29.8 Å². The molecule has 1 aromatic heterocycles. The molecule has 1 aliphatic carbocycles. The molecule has 4 aromatic rings. The standard InChI is InChI=1S/C34H39N3O2/c1-24-9-11-25(12-10-24)22-36(20-19-27-21-35-31-8-6-5-7-30(27)31)32(38)23-37(29-17-18-29)33(39)26-13-15-28(16-14-26)34(2,3)4/h5-16,21,29,35H,17-20,22-23H2,1-4H3. The van der Waals surface area contributed by atoms with Crippen LogP contribution in [0.5, 0.6) is 0 Å². The van der Waals surface area contributed by atoms with Gasteiger partial charge in [-0.2, -0.15) is 0 Å². The lowest BCUT2D eigenvalue weighted by molar-refractivity contribution is -0.132. The first-order valence-electron chi connectivity index (χ1n) is 14.0. The molecular formula is C34H39N3O2. The van der Waals surface area contributed by atoms with Gasteiger partial charge in [0.2, 0.25) is 5.91 Å². The Morgan fingerprint density at radius 2 is 1.62 bits per heavy atom. The van der Waals surface area contributed by atoms with Crippen LogP contribution >= 0.6 is 0 Å². The molecule has 5 nitrogen and oxygen atoms in total. The molecule has 0 aliphatic heterocycles. The predicted molar refractivity (Wildman–Crippen MR) is 158 cm³/mol. The Morgan fingerprint density at radius 3 is 2.28 bits per heavy atom. The van der Waals surface area contributed by atoms with Crippen LogP contribution in [0.1, 0.15) is 66.2 Å². The van der Waals surface area contributed by atoms with E-state index in [2.05, 4.69) is 69.1 Å². The second kappa shape index (κ2) is 11.1. The number of para-hydroxylation sites is 1. The molecule has 0 saturated heterocycles. The maximum Gasteiger partial charge on any atom is 0.254 e. The fourth-order valence-corrected chi connectivity index (χ4v) is 5.08. The maximum atomic E-state index is 13.8. The number of amides is 2. The van der Waals surface area contributed by atoms with Gasteiger partial charge in [0.25, 0.3) is 5.91 Å². The zero-order valence-corrected chi connectivity index (χ0v) is 23.5. The van der Waals surface area contributed by atoms with Gasteiger partial charge < -0.3 is 14.8 Å². The molecule has 0 atom stereocenters. The average Bonchev–Trinajstić information content (AvgIpc) is 3.69.